The molecule has 4 nitrogen and oxygen atoms in total. The van der Waals surface area contributed by atoms with Gasteiger partial charge in [-0.1, -0.05) is 54.6 Å². The van der Waals surface area contributed by atoms with Gasteiger partial charge in [-0.2, -0.15) is 4.73 Å². The molecular weight excluding hydrogens is 324 g/mol. The molecular formula is C19H17ClN2O2. The summed E-state index contributed by atoms with van der Waals surface area (Å²) >= 11 is 6.08. The summed E-state index contributed by atoms with van der Waals surface area (Å²) in [5.41, 5.74) is 2.41. The van der Waals surface area contributed by atoms with Crippen LogP contribution in [0.15, 0.2) is 67.4 Å². The third-order valence-electron chi connectivity index (χ3n) is 3.59. The highest BCUT2D eigenvalue weighted by atomic mass is 35.5. The van der Waals surface area contributed by atoms with Crippen molar-refractivity contribution in [3.63, 3.8) is 0 Å². The van der Waals surface area contributed by atoms with Crippen LogP contribution in [0, 0.1) is 0 Å². The number of fused-ring (bicyclic) bond motifs is 1. The maximum Gasteiger partial charge on any atom is 0.228 e. The van der Waals surface area contributed by atoms with Gasteiger partial charge in [-0.15, -0.1) is 0 Å². The van der Waals surface area contributed by atoms with Crippen molar-refractivity contribution in [3.8, 4) is 0 Å². The fourth-order valence-corrected chi connectivity index (χ4v) is 2.71. The SMILES string of the molecule is C=CCOn1cc(CC(=O)Nc2ccccc2Cl)c2ccccc21. The highest BCUT2D eigenvalue weighted by molar-refractivity contribution is 6.33. The predicted molar refractivity (Wildman–Crippen MR) is 97.4 cm³/mol. The first kappa shape index (κ1) is 16.1. The first-order valence-corrected chi connectivity index (χ1v) is 7.94. The number of aromatic nitrogens is 1. The Morgan fingerprint density at radius 2 is 1.96 bits per heavy atom. The molecule has 0 fully saturated rings. The Balaban J connectivity index is 1.83. The molecule has 0 radical (unpaired) electrons. The van der Waals surface area contributed by atoms with E-state index in [0.29, 0.717) is 17.3 Å². The van der Waals surface area contributed by atoms with Gasteiger partial charge in [-0.05, 0) is 23.8 Å². The molecule has 24 heavy (non-hydrogen) atoms. The molecule has 0 unspecified atom stereocenters. The molecule has 3 aromatic rings. The average molecular weight is 341 g/mol. The molecule has 0 aliphatic rings. The van der Waals surface area contributed by atoms with Crippen molar-refractivity contribution in [2.45, 2.75) is 6.42 Å². The van der Waals surface area contributed by atoms with E-state index in [1.54, 1.807) is 22.9 Å². The van der Waals surface area contributed by atoms with Crippen LogP contribution in [-0.2, 0) is 11.2 Å². The van der Waals surface area contributed by atoms with Crippen LogP contribution in [0.4, 0.5) is 5.69 Å². The molecule has 1 N–H and O–H groups in total. The zero-order valence-corrected chi connectivity index (χ0v) is 13.8. The van der Waals surface area contributed by atoms with Gasteiger partial charge in [0.05, 0.1) is 22.6 Å². The molecule has 0 aliphatic heterocycles. The number of carbonyl (C=O) groups excluding carboxylic acids is 1. The van der Waals surface area contributed by atoms with E-state index in [1.165, 1.54) is 0 Å². The standard InChI is InChI=1S/C19H17ClN2O2/c1-2-11-24-22-13-14(15-7-3-6-10-18(15)22)12-19(23)21-17-9-5-4-8-16(17)20/h2-10,13H,1,11-12H2,(H,21,23). The number of hydrogen-bond donors (Lipinski definition) is 1. The Morgan fingerprint density at radius 3 is 2.75 bits per heavy atom. The molecule has 3 rings (SSSR count). The van der Waals surface area contributed by atoms with Gasteiger partial charge in [0.2, 0.25) is 5.91 Å². The third kappa shape index (κ3) is 3.44. The van der Waals surface area contributed by atoms with E-state index in [1.807, 2.05) is 42.6 Å². The summed E-state index contributed by atoms with van der Waals surface area (Å²) in [4.78, 5) is 18.0. The van der Waals surface area contributed by atoms with Gasteiger partial charge in [0.25, 0.3) is 0 Å². The number of benzene rings is 2. The highest BCUT2D eigenvalue weighted by Gasteiger charge is 2.13. The molecule has 0 bridgehead atoms. The number of nitrogens with one attached hydrogen (secondary N) is 1. The second-order valence-electron chi connectivity index (χ2n) is 5.29. The lowest BCUT2D eigenvalue weighted by atomic mass is 10.1. The minimum absolute atomic E-state index is 0.130. The summed E-state index contributed by atoms with van der Waals surface area (Å²) in [5.74, 6) is -0.130. The summed E-state index contributed by atoms with van der Waals surface area (Å²) in [6, 6.07) is 15.0. The fraction of sp³-hybridized carbons (Fsp3) is 0.105. The van der Waals surface area contributed by atoms with Crippen molar-refractivity contribution in [3.05, 3.63) is 78.0 Å². The van der Waals surface area contributed by atoms with Gasteiger partial charge >= 0.3 is 0 Å². The molecule has 5 heteroatoms. The highest BCUT2D eigenvalue weighted by Crippen LogP contribution is 2.23. The quantitative estimate of drug-likeness (QED) is 0.687. The number of carbonyl (C=O) groups is 1. The summed E-state index contributed by atoms with van der Waals surface area (Å²) in [6.07, 6.45) is 3.75. The van der Waals surface area contributed by atoms with Gasteiger partial charge in [0.15, 0.2) is 0 Å². The van der Waals surface area contributed by atoms with Crippen LogP contribution in [0.25, 0.3) is 10.9 Å². The minimum Gasteiger partial charge on any atom is -0.410 e. The first-order valence-electron chi connectivity index (χ1n) is 7.56. The summed E-state index contributed by atoms with van der Waals surface area (Å²) in [5, 5.41) is 4.34. The normalized spacial score (nSPS) is 10.5. The van der Waals surface area contributed by atoms with Crippen LogP contribution < -0.4 is 10.2 Å². The van der Waals surface area contributed by atoms with Crippen LogP contribution in [0.1, 0.15) is 5.56 Å². The van der Waals surface area contributed by atoms with Crippen LogP contribution in [0.2, 0.25) is 5.02 Å². The summed E-state index contributed by atoms with van der Waals surface area (Å²) < 4.78 is 1.68. The fourth-order valence-electron chi connectivity index (χ4n) is 2.53. The molecule has 2 aromatic carbocycles. The lowest BCUT2D eigenvalue weighted by molar-refractivity contribution is -0.115. The maximum absolute atomic E-state index is 12.4. The predicted octanol–water partition coefficient (Wildman–Crippen LogP) is 4.09. The molecule has 1 heterocycles. The lowest BCUT2D eigenvalue weighted by Gasteiger charge is -2.06. The van der Waals surface area contributed by atoms with E-state index < -0.39 is 0 Å². The Kier molecular flexibility index (Phi) is 4.87. The topological polar surface area (TPSA) is 43.3 Å². The van der Waals surface area contributed by atoms with Crippen molar-refractivity contribution in [2.75, 3.05) is 11.9 Å². The van der Waals surface area contributed by atoms with E-state index in [9.17, 15) is 4.79 Å². The van der Waals surface area contributed by atoms with Gasteiger partial charge in [-0.3, -0.25) is 4.79 Å². The summed E-state index contributed by atoms with van der Waals surface area (Å²) in [6.45, 7) is 4.04. The van der Waals surface area contributed by atoms with E-state index in [4.69, 9.17) is 16.4 Å². The molecule has 0 spiro atoms. The van der Waals surface area contributed by atoms with Crippen LogP contribution in [0.3, 0.4) is 0 Å². The van der Waals surface area contributed by atoms with Crippen molar-refractivity contribution < 1.29 is 9.63 Å². The zero-order chi connectivity index (χ0) is 16.9. The van der Waals surface area contributed by atoms with Crippen molar-refractivity contribution in [1.29, 1.82) is 0 Å². The van der Waals surface area contributed by atoms with Gasteiger partial charge in [0.1, 0.15) is 6.61 Å². The Hall–Kier alpha value is -2.72. The average Bonchev–Trinajstić information content (AvgIpc) is 2.93. The van der Waals surface area contributed by atoms with Gasteiger partial charge < -0.3 is 10.2 Å². The Bertz CT molecular complexity index is 886. The number of para-hydroxylation sites is 2. The molecule has 122 valence electrons. The number of halogens is 1. The molecule has 0 atom stereocenters. The van der Waals surface area contributed by atoms with Gasteiger partial charge in [0, 0.05) is 11.6 Å². The molecule has 1 amide bonds. The number of hydrogen-bond acceptors (Lipinski definition) is 2. The van der Waals surface area contributed by atoms with E-state index in [0.717, 1.165) is 16.5 Å². The largest absolute Gasteiger partial charge is 0.410 e. The Labute approximate surface area is 145 Å². The third-order valence-corrected chi connectivity index (χ3v) is 3.92. The first-order chi connectivity index (χ1) is 11.7. The van der Waals surface area contributed by atoms with Crippen LogP contribution >= 0.6 is 11.6 Å². The lowest BCUT2D eigenvalue weighted by Crippen LogP contribution is -2.14. The molecule has 0 saturated heterocycles. The summed E-state index contributed by atoms with van der Waals surface area (Å²) in [7, 11) is 0. The van der Waals surface area contributed by atoms with Crippen molar-refractivity contribution >= 4 is 34.1 Å². The number of amides is 1. The van der Waals surface area contributed by atoms with Crippen molar-refractivity contribution in [2.24, 2.45) is 0 Å². The number of anilines is 1. The van der Waals surface area contributed by atoms with Crippen LogP contribution in [0.5, 0.6) is 0 Å². The van der Waals surface area contributed by atoms with Gasteiger partial charge in [-0.25, -0.2) is 0 Å². The second kappa shape index (κ2) is 7.23. The minimum atomic E-state index is -0.130. The molecule has 0 saturated carbocycles. The maximum atomic E-state index is 12.4. The molecule has 0 aliphatic carbocycles. The smallest absolute Gasteiger partial charge is 0.228 e. The number of rotatable bonds is 6. The zero-order valence-electron chi connectivity index (χ0n) is 13.0. The molecule has 1 aromatic heterocycles. The Morgan fingerprint density at radius 1 is 1.21 bits per heavy atom. The van der Waals surface area contributed by atoms with E-state index in [2.05, 4.69) is 11.9 Å². The van der Waals surface area contributed by atoms with E-state index >= 15 is 0 Å². The monoisotopic (exact) mass is 340 g/mol. The number of nitrogens with zero attached hydrogens (tertiary/aromatic N) is 1. The van der Waals surface area contributed by atoms with Crippen LogP contribution in [-0.4, -0.2) is 17.2 Å². The van der Waals surface area contributed by atoms with E-state index in [-0.39, 0.29) is 12.3 Å². The van der Waals surface area contributed by atoms with Crippen molar-refractivity contribution in [1.82, 2.24) is 4.73 Å². The second-order valence-corrected chi connectivity index (χ2v) is 5.69.